The number of primary amides is 2. The zero-order valence-electron chi connectivity index (χ0n) is 18.4. The smallest absolute Gasteiger partial charge is 0.326 e. The van der Waals surface area contributed by atoms with Crippen molar-refractivity contribution in [2.24, 2.45) is 17.2 Å². The summed E-state index contributed by atoms with van der Waals surface area (Å²) in [6.45, 7) is 0. The van der Waals surface area contributed by atoms with Crippen molar-refractivity contribution in [3.63, 3.8) is 0 Å². The first-order chi connectivity index (χ1) is 16.1. The van der Waals surface area contributed by atoms with Crippen LogP contribution in [0.3, 0.4) is 0 Å². The van der Waals surface area contributed by atoms with Gasteiger partial charge in [0, 0.05) is 12.8 Å². The summed E-state index contributed by atoms with van der Waals surface area (Å²) in [6.07, 6.45) is -3.63. The molecule has 0 aromatic carbocycles. The van der Waals surface area contributed by atoms with Crippen LogP contribution in [0.2, 0.25) is 0 Å². The Bertz CT molecular complexity index is 862. The van der Waals surface area contributed by atoms with Crippen LogP contribution in [0.4, 0.5) is 0 Å². The summed E-state index contributed by atoms with van der Waals surface area (Å²) in [6, 6.07) is -6.50. The molecule has 0 fully saturated rings. The van der Waals surface area contributed by atoms with E-state index in [4.69, 9.17) is 32.5 Å². The van der Waals surface area contributed by atoms with E-state index in [1.807, 2.05) is 5.32 Å². The molecule has 0 radical (unpaired) electrons. The predicted molar refractivity (Wildman–Crippen MR) is 113 cm³/mol. The Kier molecular flexibility index (Phi) is 13.0. The van der Waals surface area contributed by atoms with Gasteiger partial charge in [-0.25, -0.2) is 4.79 Å². The quantitative estimate of drug-likeness (QED) is 0.0902. The molecule has 0 aliphatic rings. The minimum absolute atomic E-state index is 0.489. The molecule has 0 aromatic heterocycles. The van der Waals surface area contributed by atoms with Gasteiger partial charge in [0.15, 0.2) is 0 Å². The summed E-state index contributed by atoms with van der Waals surface area (Å²) in [4.78, 5) is 92.5. The first kappa shape index (κ1) is 30.7. The van der Waals surface area contributed by atoms with Gasteiger partial charge in [0.25, 0.3) is 0 Å². The molecule has 0 saturated heterocycles. The highest BCUT2D eigenvalue weighted by molar-refractivity contribution is 5.96. The molecule has 5 amide bonds. The number of nitrogens with one attached hydrogen (secondary N) is 3. The van der Waals surface area contributed by atoms with Crippen molar-refractivity contribution in [3.05, 3.63) is 0 Å². The number of aliphatic carboxylic acids is 3. The maximum atomic E-state index is 12.7. The van der Waals surface area contributed by atoms with E-state index in [-0.39, 0.29) is 0 Å². The Balaban J connectivity index is 5.60. The summed E-state index contributed by atoms with van der Waals surface area (Å²) in [7, 11) is 0. The topological polar surface area (TPSA) is 311 Å². The second-order valence-corrected chi connectivity index (χ2v) is 7.33. The minimum atomic E-state index is -1.75. The fourth-order valence-electron chi connectivity index (χ4n) is 2.61. The SMILES string of the molecule is NC(=O)CC(N)C(=O)NC(CCC(=O)O)C(=O)NC(CC(N)=O)C(=O)NC(CCC(=O)O)C(=O)O. The molecule has 0 spiro atoms. The molecule has 17 nitrogen and oxygen atoms in total. The number of carbonyl (C=O) groups is 8. The van der Waals surface area contributed by atoms with Crippen molar-refractivity contribution in [3.8, 4) is 0 Å². The number of nitrogens with two attached hydrogens (primary N) is 3. The van der Waals surface area contributed by atoms with Gasteiger partial charge in [-0.15, -0.1) is 0 Å². The first-order valence-corrected chi connectivity index (χ1v) is 10.0. The second-order valence-electron chi connectivity index (χ2n) is 7.33. The van der Waals surface area contributed by atoms with Crippen molar-refractivity contribution in [1.82, 2.24) is 16.0 Å². The molecular weight excluding hydrogens is 476 g/mol. The molecule has 0 heterocycles. The zero-order chi connectivity index (χ0) is 27.3. The third kappa shape index (κ3) is 13.1. The fraction of sp³-hybridized carbons (Fsp3) is 0.556. The predicted octanol–water partition coefficient (Wildman–Crippen LogP) is -4.67. The highest BCUT2D eigenvalue weighted by Gasteiger charge is 2.31. The first-order valence-electron chi connectivity index (χ1n) is 10.0. The lowest BCUT2D eigenvalue weighted by Crippen LogP contribution is -2.58. The normalized spacial score (nSPS) is 13.9. The Hall–Kier alpha value is -4.28. The van der Waals surface area contributed by atoms with Crippen molar-refractivity contribution >= 4 is 47.4 Å². The van der Waals surface area contributed by atoms with Crippen molar-refractivity contribution in [1.29, 1.82) is 0 Å². The van der Waals surface area contributed by atoms with Gasteiger partial charge in [0.05, 0.1) is 18.9 Å². The molecule has 0 aliphatic heterocycles. The van der Waals surface area contributed by atoms with Crippen LogP contribution in [0.15, 0.2) is 0 Å². The van der Waals surface area contributed by atoms with Crippen molar-refractivity contribution in [2.45, 2.75) is 62.7 Å². The lowest BCUT2D eigenvalue weighted by molar-refractivity contribution is -0.143. The zero-order valence-corrected chi connectivity index (χ0v) is 18.4. The van der Waals surface area contributed by atoms with Crippen LogP contribution in [-0.2, 0) is 38.4 Å². The van der Waals surface area contributed by atoms with Crippen LogP contribution in [0.25, 0.3) is 0 Å². The molecule has 0 saturated carbocycles. The molecule has 196 valence electrons. The molecule has 4 unspecified atom stereocenters. The van der Waals surface area contributed by atoms with E-state index >= 15 is 0 Å². The van der Waals surface area contributed by atoms with Gasteiger partial charge in [0.1, 0.15) is 18.1 Å². The van der Waals surface area contributed by atoms with Crippen LogP contribution < -0.4 is 33.2 Å². The fourth-order valence-corrected chi connectivity index (χ4v) is 2.61. The van der Waals surface area contributed by atoms with Crippen LogP contribution in [-0.4, -0.2) is 86.9 Å². The Labute approximate surface area is 197 Å². The van der Waals surface area contributed by atoms with Crippen molar-refractivity contribution < 1.29 is 53.7 Å². The third-order valence-electron chi connectivity index (χ3n) is 4.34. The van der Waals surface area contributed by atoms with E-state index in [0.29, 0.717) is 0 Å². The average molecular weight is 504 g/mol. The summed E-state index contributed by atoms with van der Waals surface area (Å²) in [5.74, 6) is -9.66. The van der Waals surface area contributed by atoms with Crippen LogP contribution in [0.5, 0.6) is 0 Å². The molecule has 12 N–H and O–H groups in total. The van der Waals surface area contributed by atoms with Gasteiger partial charge in [-0.1, -0.05) is 0 Å². The van der Waals surface area contributed by atoms with E-state index in [1.54, 1.807) is 0 Å². The van der Waals surface area contributed by atoms with Gasteiger partial charge in [-0.3, -0.25) is 33.6 Å². The number of amides is 5. The highest BCUT2D eigenvalue weighted by Crippen LogP contribution is 2.04. The monoisotopic (exact) mass is 504 g/mol. The molecule has 17 heteroatoms. The number of carbonyl (C=O) groups excluding carboxylic acids is 5. The number of hydrogen-bond acceptors (Lipinski definition) is 9. The minimum Gasteiger partial charge on any atom is -0.481 e. The summed E-state index contributed by atoms with van der Waals surface area (Å²) in [5, 5.41) is 32.9. The number of rotatable bonds is 17. The van der Waals surface area contributed by atoms with Gasteiger partial charge < -0.3 is 48.5 Å². The number of hydrogen-bond donors (Lipinski definition) is 9. The molecule has 0 bridgehead atoms. The van der Waals surface area contributed by atoms with E-state index in [9.17, 15) is 38.4 Å². The lowest BCUT2D eigenvalue weighted by atomic mass is 10.1. The van der Waals surface area contributed by atoms with E-state index in [0.717, 1.165) is 0 Å². The van der Waals surface area contributed by atoms with Gasteiger partial charge in [0.2, 0.25) is 29.5 Å². The largest absolute Gasteiger partial charge is 0.481 e. The maximum absolute atomic E-state index is 12.7. The van der Waals surface area contributed by atoms with E-state index in [1.165, 1.54) is 0 Å². The van der Waals surface area contributed by atoms with Crippen LogP contribution >= 0.6 is 0 Å². The van der Waals surface area contributed by atoms with Gasteiger partial charge in [-0.2, -0.15) is 0 Å². The molecular formula is C18H28N6O11. The van der Waals surface area contributed by atoms with Gasteiger partial charge >= 0.3 is 17.9 Å². The molecule has 0 aromatic rings. The maximum Gasteiger partial charge on any atom is 0.326 e. The molecule has 0 aliphatic carbocycles. The lowest BCUT2D eigenvalue weighted by Gasteiger charge is -2.24. The molecule has 4 atom stereocenters. The summed E-state index contributed by atoms with van der Waals surface area (Å²) >= 11 is 0. The Morgan fingerprint density at radius 2 is 1.00 bits per heavy atom. The molecule has 0 rings (SSSR count). The highest BCUT2D eigenvalue weighted by atomic mass is 16.4. The Morgan fingerprint density at radius 3 is 1.43 bits per heavy atom. The van der Waals surface area contributed by atoms with Crippen molar-refractivity contribution in [2.75, 3.05) is 0 Å². The Morgan fingerprint density at radius 1 is 0.600 bits per heavy atom. The standard InChI is InChI=1S/C18H28N6O11/c19-7(5-11(20)25)15(31)22-8(1-3-13(27)28)16(32)24-10(6-12(21)26)17(33)23-9(18(34)35)2-4-14(29)30/h7-10H,1-6,19H2,(H2,20,25)(H2,21,26)(H,22,31)(H,23,33)(H,24,32)(H,27,28)(H,29,30)(H,34,35). The number of carboxylic acid groups (broad SMARTS) is 3. The summed E-state index contributed by atoms with van der Waals surface area (Å²) in [5.41, 5.74) is 15.5. The van der Waals surface area contributed by atoms with Gasteiger partial charge in [-0.05, 0) is 12.8 Å². The number of carboxylic acids is 3. The van der Waals surface area contributed by atoms with Crippen LogP contribution in [0.1, 0.15) is 38.5 Å². The second kappa shape index (κ2) is 14.8. The molecule has 35 heavy (non-hydrogen) atoms. The van der Waals surface area contributed by atoms with E-state index < -0.39 is 110 Å². The van der Waals surface area contributed by atoms with E-state index in [2.05, 4.69) is 10.6 Å². The average Bonchev–Trinajstić information content (AvgIpc) is 2.71. The van der Waals surface area contributed by atoms with Crippen LogP contribution in [0, 0.1) is 0 Å². The third-order valence-corrected chi connectivity index (χ3v) is 4.34. The summed E-state index contributed by atoms with van der Waals surface area (Å²) < 4.78 is 0.